The van der Waals surface area contributed by atoms with Crippen molar-refractivity contribution in [3.05, 3.63) is 0 Å². The number of nitrogens with one attached hydrogen (secondary N) is 2. The van der Waals surface area contributed by atoms with Crippen LogP contribution in [0, 0.1) is 5.92 Å². The van der Waals surface area contributed by atoms with E-state index in [0.717, 1.165) is 25.6 Å². The lowest BCUT2D eigenvalue weighted by molar-refractivity contribution is 0.326. The molecule has 0 radical (unpaired) electrons. The number of hydrogen-bond acceptors (Lipinski definition) is 4. The van der Waals surface area contributed by atoms with Crippen LogP contribution in [-0.4, -0.2) is 69.5 Å². The molecule has 2 aliphatic rings. The van der Waals surface area contributed by atoms with Crippen molar-refractivity contribution in [3.63, 3.8) is 0 Å². The van der Waals surface area contributed by atoms with Gasteiger partial charge >= 0.3 is 0 Å². The Morgan fingerprint density at radius 1 is 1.32 bits per heavy atom. The van der Waals surface area contributed by atoms with Crippen LogP contribution in [-0.2, 0) is 9.84 Å². The molecule has 0 amide bonds. The first kappa shape index (κ1) is 17.5. The lowest BCUT2D eigenvalue weighted by atomic mass is 10.1. The Morgan fingerprint density at radius 3 is 2.77 bits per heavy atom. The van der Waals surface area contributed by atoms with E-state index < -0.39 is 9.84 Å². The summed E-state index contributed by atoms with van der Waals surface area (Å²) in [7, 11) is -2.85. The average molecular weight is 330 g/mol. The molecule has 2 unspecified atom stereocenters. The summed E-state index contributed by atoms with van der Waals surface area (Å²) in [6.07, 6.45) is 3.09. The van der Waals surface area contributed by atoms with Crippen molar-refractivity contribution in [2.45, 2.75) is 39.2 Å². The molecule has 0 aromatic rings. The topological polar surface area (TPSA) is 73.8 Å². The van der Waals surface area contributed by atoms with Crippen LogP contribution in [0.1, 0.15) is 33.1 Å². The van der Waals surface area contributed by atoms with Crippen molar-refractivity contribution < 1.29 is 8.42 Å². The van der Waals surface area contributed by atoms with Gasteiger partial charge in [0.25, 0.3) is 0 Å². The average Bonchev–Trinajstić information content (AvgIpc) is 3.03. The monoisotopic (exact) mass is 330 g/mol. The molecule has 2 heterocycles. The molecular formula is C15H30N4O2S. The lowest BCUT2D eigenvalue weighted by Gasteiger charge is -2.17. The highest BCUT2D eigenvalue weighted by Gasteiger charge is 2.28. The highest BCUT2D eigenvalue weighted by molar-refractivity contribution is 7.91. The van der Waals surface area contributed by atoms with E-state index in [1.54, 1.807) is 0 Å². The zero-order valence-corrected chi connectivity index (χ0v) is 14.7. The van der Waals surface area contributed by atoms with Crippen LogP contribution in [0.15, 0.2) is 4.99 Å². The summed E-state index contributed by atoms with van der Waals surface area (Å²) >= 11 is 0. The van der Waals surface area contributed by atoms with E-state index in [-0.39, 0.29) is 11.8 Å². The quantitative estimate of drug-likeness (QED) is 0.547. The van der Waals surface area contributed by atoms with Crippen LogP contribution in [0.5, 0.6) is 0 Å². The Labute approximate surface area is 134 Å². The molecule has 2 aliphatic heterocycles. The fourth-order valence-electron chi connectivity index (χ4n) is 3.22. The van der Waals surface area contributed by atoms with E-state index >= 15 is 0 Å². The van der Waals surface area contributed by atoms with Gasteiger partial charge in [0.2, 0.25) is 0 Å². The summed E-state index contributed by atoms with van der Waals surface area (Å²) in [5, 5.41) is 6.51. The fourth-order valence-corrected chi connectivity index (χ4v) is 4.90. The molecule has 2 saturated heterocycles. The number of nitrogens with zero attached hydrogens (tertiary/aromatic N) is 2. The normalized spacial score (nSPS) is 28.9. The van der Waals surface area contributed by atoms with Gasteiger partial charge in [0.1, 0.15) is 0 Å². The summed E-state index contributed by atoms with van der Waals surface area (Å²) in [5.74, 6) is 1.90. The van der Waals surface area contributed by atoms with Crippen LogP contribution < -0.4 is 10.6 Å². The Kier molecular flexibility index (Phi) is 6.50. The smallest absolute Gasteiger partial charge is 0.191 e. The third kappa shape index (κ3) is 5.43. The number of guanidine groups is 1. The third-order valence-electron chi connectivity index (χ3n) is 4.33. The summed E-state index contributed by atoms with van der Waals surface area (Å²) < 4.78 is 23.1. The Bertz CT molecular complexity index is 478. The first-order chi connectivity index (χ1) is 10.5. The Hall–Kier alpha value is -0.820. The van der Waals surface area contributed by atoms with Gasteiger partial charge in [-0.2, -0.15) is 0 Å². The maximum atomic E-state index is 11.5. The van der Waals surface area contributed by atoms with E-state index in [9.17, 15) is 8.42 Å². The molecule has 0 aliphatic carbocycles. The highest BCUT2D eigenvalue weighted by atomic mass is 32.2. The summed E-state index contributed by atoms with van der Waals surface area (Å²) in [6.45, 7) is 9.34. The van der Waals surface area contributed by atoms with E-state index in [2.05, 4.69) is 27.4 Å². The first-order valence-corrected chi connectivity index (χ1v) is 10.3. The predicted octanol–water partition coefficient (Wildman–Crippen LogP) is 0.461. The van der Waals surface area contributed by atoms with E-state index in [4.69, 9.17) is 0 Å². The van der Waals surface area contributed by atoms with Crippen molar-refractivity contribution in [1.29, 1.82) is 0 Å². The van der Waals surface area contributed by atoms with E-state index in [1.807, 2.05) is 6.92 Å². The molecule has 6 nitrogen and oxygen atoms in total. The molecule has 0 aromatic heterocycles. The van der Waals surface area contributed by atoms with Crippen LogP contribution in [0.4, 0.5) is 0 Å². The molecule has 2 rings (SSSR count). The van der Waals surface area contributed by atoms with Gasteiger partial charge in [-0.3, -0.25) is 4.99 Å². The Balaban J connectivity index is 1.83. The molecule has 22 heavy (non-hydrogen) atoms. The lowest BCUT2D eigenvalue weighted by Crippen LogP contribution is -2.44. The number of aliphatic imine (C=N–C) groups is 1. The molecule has 7 heteroatoms. The van der Waals surface area contributed by atoms with Gasteiger partial charge in [0.05, 0.1) is 11.5 Å². The van der Waals surface area contributed by atoms with Crippen molar-refractivity contribution in [3.8, 4) is 0 Å². The standard InChI is InChI=1S/C15H30N4O2S/c1-3-7-19-8-5-13(11-19)10-17-15(16-4-2)18-14-6-9-22(20,21)12-14/h13-14H,3-12H2,1-2H3,(H2,16,17,18). The zero-order valence-electron chi connectivity index (χ0n) is 13.8. The van der Waals surface area contributed by atoms with Gasteiger partial charge in [0.15, 0.2) is 15.8 Å². The number of rotatable bonds is 6. The minimum Gasteiger partial charge on any atom is -0.357 e. The minimum atomic E-state index is -2.85. The van der Waals surface area contributed by atoms with E-state index in [1.165, 1.54) is 25.9 Å². The summed E-state index contributed by atoms with van der Waals surface area (Å²) in [5.41, 5.74) is 0. The van der Waals surface area contributed by atoms with Crippen LogP contribution in [0.2, 0.25) is 0 Å². The predicted molar refractivity (Wildman–Crippen MR) is 91.0 cm³/mol. The first-order valence-electron chi connectivity index (χ1n) is 8.50. The van der Waals surface area contributed by atoms with E-state index in [0.29, 0.717) is 18.1 Å². The molecule has 2 atom stereocenters. The minimum absolute atomic E-state index is 0.00275. The fraction of sp³-hybridized carbons (Fsp3) is 0.933. The largest absolute Gasteiger partial charge is 0.357 e. The SMILES string of the molecule is CCCN1CCC(CN=C(NCC)NC2CCS(=O)(=O)C2)C1. The van der Waals surface area contributed by atoms with Crippen LogP contribution in [0.3, 0.4) is 0 Å². The van der Waals surface area contributed by atoms with Crippen LogP contribution >= 0.6 is 0 Å². The van der Waals surface area contributed by atoms with Gasteiger partial charge in [-0.25, -0.2) is 8.42 Å². The molecule has 128 valence electrons. The van der Waals surface area contributed by atoms with Gasteiger partial charge in [0, 0.05) is 25.7 Å². The second-order valence-corrected chi connectivity index (χ2v) is 8.65. The number of sulfone groups is 1. The molecule has 0 aromatic carbocycles. The summed E-state index contributed by atoms with van der Waals surface area (Å²) in [6, 6.07) is 0.00275. The highest BCUT2D eigenvalue weighted by Crippen LogP contribution is 2.16. The van der Waals surface area contributed by atoms with Crippen molar-refractivity contribution >= 4 is 15.8 Å². The van der Waals surface area contributed by atoms with Gasteiger partial charge in [-0.1, -0.05) is 6.92 Å². The maximum absolute atomic E-state index is 11.5. The second-order valence-electron chi connectivity index (χ2n) is 6.42. The molecule has 0 bridgehead atoms. The van der Waals surface area contributed by atoms with Gasteiger partial charge in [-0.15, -0.1) is 0 Å². The van der Waals surface area contributed by atoms with Crippen molar-refractivity contribution in [2.24, 2.45) is 10.9 Å². The third-order valence-corrected chi connectivity index (χ3v) is 6.10. The molecule has 2 fully saturated rings. The van der Waals surface area contributed by atoms with Crippen LogP contribution in [0.25, 0.3) is 0 Å². The number of hydrogen-bond donors (Lipinski definition) is 2. The van der Waals surface area contributed by atoms with Gasteiger partial charge < -0.3 is 15.5 Å². The number of likely N-dealkylation sites (tertiary alicyclic amines) is 1. The molecule has 0 spiro atoms. The van der Waals surface area contributed by atoms with Crippen molar-refractivity contribution in [1.82, 2.24) is 15.5 Å². The van der Waals surface area contributed by atoms with Gasteiger partial charge in [-0.05, 0) is 45.2 Å². The molecular weight excluding hydrogens is 300 g/mol. The molecule has 2 N–H and O–H groups in total. The Morgan fingerprint density at radius 2 is 2.14 bits per heavy atom. The molecule has 0 saturated carbocycles. The zero-order chi connectivity index (χ0) is 16.0. The second kappa shape index (κ2) is 8.15. The maximum Gasteiger partial charge on any atom is 0.191 e. The van der Waals surface area contributed by atoms with Crippen molar-refractivity contribution in [2.75, 3.05) is 44.2 Å². The summed E-state index contributed by atoms with van der Waals surface area (Å²) in [4.78, 5) is 7.18.